The first-order valence-corrected chi connectivity index (χ1v) is 6.01. The summed E-state index contributed by atoms with van der Waals surface area (Å²) >= 11 is 1.64. The zero-order valence-electron chi connectivity index (χ0n) is 9.29. The largest absolute Gasteiger partial charge is 0.468 e. The van der Waals surface area contributed by atoms with Crippen LogP contribution in [0.3, 0.4) is 0 Å². The lowest BCUT2D eigenvalue weighted by Crippen LogP contribution is -2.21. The minimum absolute atomic E-state index is 0.126. The summed E-state index contributed by atoms with van der Waals surface area (Å²) in [4.78, 5) is 17.4. The van der Waals surface area contributed by atoms with Crippen LogP contribution in [0.15, 0.2) is 0 Å². The summed E-state index contributed by atoms with van der Waals surface area (Å²) in [5.41, 5.74) is 0.725. The van der Waals surface area contributed by atoms with E-state index in [-0.39, 0.29) is 5.97 Å². The van der Waals surface area contributed by atoms with Crippen LogP contribution in [-0.2, 0) is 21.4 Å². The smallest absolute Gasteiger partial charge is 0.318 e. The second-order valence-electron chi connectivity index (χ2n) is 3.95. The fraction of sp³-hybridized carbons (Fsp3) is 0.636. The lowest BCUT2D eigenvalue weighted by molar-refractivity contribution is -0.143. The van der Waals surface area contributed by atoms with Crippen LogP contribution >= 0.6 is 11.3 Å². The highest BCUT2D eigenvalue weighted by atomic mass is 32.1. The molecule has 15 heavy (non-hydrogen) atoms. The van der Waals surface area contributed by atoms with E-state index in [4.69, 9.17) is 4.74 Å². The molecule has 1 saturated carbocycles. The average Bonchev–Trinajstić information content (AvgIpc) is 2.97. The molecule has 1 aliphatic carbocycles. The van der Waals surface area contributed by atoms with Gasteiger partial charge in [-0.05, 0) is 26.2 Å². The minimum Gasteiger partial charge on any atom is -0.468 e. The fourth-order valence-corrected chi connectivity index (χ4v) is 3.02. The molecule has 1 aromatic rings. The zero-order valence-corrected chi connectivity index (χ0v) is 10.1. The van der Waals surface area contributed by atoms with Crippen LogP contribution in [0.1, 0.15) is 35.3 Å². The van der Waals surface area contributed by atoms with Gasteiger partial charge in [0, 0.05) is 4.88 Å². The van der Waals surface area contributed by atoms with E-state index < -0.39 is 5.41 Å². The van der Waals surface area contributed by atoms with E-state index in [0.29, 0.717) is 0 Å². The summed E-state index contributed by atoms with van der Waals surface area (Å²) in [5, 5.41) is 0.948. The Hall–Kier alpha value is -0.900. The van der Waals surface area contributed by atoms with Crippen molar-refractivity contribution in [1.29, 1.82) is 0 Å². The van der Waals surface area contributed by atoms with Crippen LogP contribution in [-0.4, -0.2) is 18.1 Å². The Bertz CT molecular complexity index is 393. The molecule has 3 nitrogen and oxygen atoms in total. The number of carbonyl (C=O) groups excluding carboxylic acids is 1. The highest BCUT2D eigenvalue weighted by molar-refractivity contribution is 7.12. The maximum absolute atomic E-state index is 11.6. The van der Waals surface area contributed by atoms with Gasteiger partial charge in [-0.2, -0.15) is 0 Å². The predicted molar refractivity (Wildman–Crippen MR) is 59.2 cm³/mol. The first-order chi connectivity index (χ1) is 7.14. The number of thiazole rings is 1. The second kappa shape index (κ2) is 3.59. The van der Waals surface area contributed by atoms with Crippen molar-refractivity contribution in [2.75, 3.05) is 7.11 Å². The first kappa shape index (κ1) is 10.6. The van der Waals surface area contributed by atoms with Gasteiger partial charge in [-0.3, -0.25) is 4.79 Å². The maximum Gasteiger partial charge on any atom is 0.318 e. The molecule has 0 amide bonds. The Kier molecular flexibility index (Phi) is 2.54. The molecule has 0 N–H and O–H groups in total. The van der Waals surface area contributed by atoms with E-state index >= 15 is 0 Å². The molecule has 0 saturated heterocycles. The summed E-state index contributed by atoms with van der Waals surface area (Å²) in [7, 11) is 1.45. The van der Waals surface area contributed by atoms with E-state index in [1.165, 1.54) is 12.0 Å². The molecule has 0 atom stereocenters. The van der Waals surface area contributed by atoms with Crippen LogP contribution in [0.5, 0.6) is 0 Å². The molecule has 4 heteroatoms. The third-order valence-corrected chi connectivity index (χ3v) is 4.18. The van der Waals surface area contributed by atoms with Gasteiger partial charge in [0.2, 0.25) is 0 Å². The summed E-state index contributed by atoms with van der Waals surface area (Å²) in [6, 6.07) is 0. The van der Waals surface area contributed by atoms with Crippen molar-refractivity contribution in [3.05, 3.63) is 15.6 Å². The highest BCUT2D eigenvalue weighted by Crippen LogP contribution is 2.50. The predicted octanol–water partition coefficient (Wildman–Crippen LogP) is 2.22. The molecule has 1 aliphatic rings. The molecule has 1 heterocycles. The molecule has 82 valence electrons. The lowest BCUT2D eigenvalue weighted by Gasteiger charge is -2.08. The van der Waals surface area contributed by atoms with Gasteiger partial charge in [0.1, 0.15) is 10.4 Å². The topological polar surface area (TPSA) is 39.2 Å². The number of esters is 1. The van der Waals surface area contributed by atoms with Crippen LogP contribution in [0.25, 0.3) is 0 Å². The summed E-state index contributed by atoms with van der Waals surface area (Å²) in [6.45, 7) is 4.15. The third-order valence-electron chi connectivity index (χ3n) is 2.96. The van der Waals surface area contributed by atoms with Crippen LogP contribution in [0.2, 0.25) is 0 Å². The fourth-order valence-electron chi connectivity index (χ4n) is 1.79. The Morgan fingerprint density at radius 1 is 1.60 bits per heavy atom. The van der Waals surface area contributed by atoms with Gasteiger partial charge >= 0.3 is 5.97 Å². The van der Waals surface area contributed by atoms with E-state index in [9.17, 15) is 4.79 Å². The van der Waals surface area contributed by atoms with E-state index in [1.807, 2.05) is 0 Å². The van der Waals surface area contributed by atoms with Crippen molar-refractivity contribution in [3.8, 4) is 0 Å². The SMILES string of the molecule is CCc1nc(C2(C(=O)OC)CC2)sc1C. The highest BCUT2D eigenvalue weighted by Gasteiger charge is 2.55. The minimum atomic E-state index is -0.391. The quantitative estimate of drug-likeness (QED) is 0.740. The summed E-state index contributed by atoms with van der Waals surface area (Å²) in [6.07, 6.45) is 2.70. The monoisotopic (exact) mass is 225 g/mol. The molecule has 0 bridgehead atoms. The molecule has 0 radical (unpaired) electrons. The number of ether oxygens (including phenoxy) is 1. The van der Waals surface area contributed by atoms with Gasteiger partial charge in [0.05, 0.1) is 12.8 Å². The molecule has 1 fully saturated rings. The number of aryl methyl sites for hydroxylation is 2. The van der Waals surface area contributed by atoms with Crippen LogP contribution in [0, 0.1) is 6.92 Å². The van der Waals surface area contributed by atoms with Crippen LogP contribution in [0.4, 0.5) is 0 Å². The molecule has 1 aromatic heterocycles. The standard InChI is InChI=1S/C11H15NO2S/c1-4-8-7(2)15-9(12-8)11(5-6-11)10(13)14-3/h4-6H2,1-3H3. The number of carbonyl (C=O) groups is 1. The molecule has 0 aromatic carbocycles. The zero-order chi connectivity index (χ0) is 11.1. The Balaban J connectivity index is 2.33. The van der Waals surface area contributed by atoms with Gasteiger partial charge in [0.15, 0.2) is 0 Å². The van der Waals surface area contributed by atoms with Gasteiger partial charge < -0.3 is 4.74 Å². The Morgan fingerprint density at radius 2 is 2.27 bits per heavy atom. The van der Waals surface area contributed by atoms with Crippen molar-refractivity contribution in [1.82, 2.24) is 4.98 Å². The van der Waals surface area contributed by atoms with E-state index in [1.54, 1.807) is 11.3 Å². The maximum atomic E-state index is 11.6. The number of hydrogen-bond acceptors (Lipinski definition) is 4. The average molecular weight is 225 g/mol. The van der Waals surface area contributed by atoms with Gasteiger partial charge in [-0.25, -0.2) is 4.98 Å². The van der Waals surface area contributed by atoms with Crippen molar-refractivity contribution >= 4 is 17.3 Å². The number of aromatic nitrogens is 1. The molecule has 0 spiro atoms. The van der Waals surface area contributed by atoms with Gasteiger partial charge in [-0.15, -0.1) is 11.3 Å². The molecule has 0 aliphatic heterocycles. The van der Waals surface area contributed by atoms with Gasteiger partial charge in [-0.1, -0.05) is 6.92 Å². The molecule has 2 rings (SSSR count). The molecular weight excluding hydrogens is 210 g/mol. The lowest BCUT2D eigenvalue weighted by atomic mass is 10.1. The van der Waals surface area contributed by atoms with E-state index in [2.05, 4.69) is 18.8 Å². The number of methoxy groups -OCH3 is 1. The van der Waals surface area contributed by atoms with Crippen molar-refractivity contribution in [3.63, 3.8) is 0 Å². The van der Waals surface area contributed by atoms with Crippen LogP contribution < -0.4 is 0 Å². The first-order valence-electron chi connectivity index (χ1n) is 5.19. The van der Waals surface area contributed by atoms with E-state index in [0.717, 1.165) is 30.0 Å². The normalized spacial score (nSPS) is 17.5. The number of hydrogen-bond donors (Lipinski definition) is 0. The van der Waals surface area contributed by atoms with Crippen molar-refractivity contribution < 1.29 is 9.53 Å². The number of nitrogens with zero attached hydrogens (tertiary/aromatic N) is 1. The Morgan fingerprint density at radius 3 is 2.67 bits per heavy atom. The second-order valence-corrected chi connectivity index (χ2v) is 5.15. The van der Waals surface area contributed by atoms with Crippen molar-refractivity contribution in [2.24, 2.45) is 0 Å². The van der Waals surface area contributed by atoms with Crippen molar-refractivity contribution in [2.45, 2.75) is 38.5 Å². The molecular formula is C11H15NO2S. The molecule has 0 unspecified atom stereocenters. The summed E-state index contributed by atoms with van der Waals surface area (Å²) in [5.74, 6) is -0.126. The van der Waals surface area contributed by atoms with Gasteiger partial charge in [0.25, 0.3) is 0 Å². The third kappa shape index (κ3) is 1.57. The Labute approximate surface area is 93.5 Å². The summed E-state index contributed by atoms with van der Waals surface area (Å²) < 4.78 is 4.84. The number of rotatable bonds is 3.